The Hall–Kier alpha value is -3.08. The van der Waals surface area contributed by atoms with Crippen molar-refractivity contribution in [1.82, 2.24) is 15.3 Å². The lowest BCUT2D eigenvalue weighted by Crippen LogP contribution is -2.23. The smallest absolute Gasteiger partial charge is 0.220 e. The third-order valence-electron chi connectivity index (χ3n) is 3.85. The van der Waals surface area contributed by atoms with Crippen LogP contribution in [0.15, 0.2) is 67.1 Å². The van der Waals surface area contributed by atoms with Crippen LogP contribution in [0.25, 0.3) is 11.3 Å². The molecule has 3 rings (SSSR count). The van der Waals surface area contributed by atoms with E-state index in [0.717, 1.165) is 16.8 Å². The number of rotatable bonds is 6. The predicted octanol–water partition coefficient (Wildman–Crippen LogP) is 3.53. The molecule has 0 aliphatic carbocycles. The van der Waals surface area contributed by atoms with Crippen molar-refractivity contribution < 1.29 is 9.18 Å². The lowest BCUT2D eigenvalue weighted by molar-refractivity contribution is -0.121. The summed E-state index contributed by atoms with van der Waals surface area (Å²) >= 11 is 0. The van der Waals surface area contributed by atoms with Gasteiger partial charge >= 0.3 is 0 Å². The number of pyridine rings is 2. The number of nitrogens with zero attached hydrogens (tertiary/aromatic N) is 2. The zero-order valence-corrected chi connectivity index (χ0v) is 13.7. The fourth-order valence-corrected chi connectivity index (χ4v) is 2.45. The summed E-state index contributed by atoms with van der Waals surface area (Å²) in [6, 6.07) is 14.1. The highest BCUT2D eigenvalue weighted by molar-refractivity contribution is 5.76. The van der Waals surface area contributed by atoms with Gasteiger partial charge in [0.05, 0.1) is 5.69 Å². The summed E-state index contributed by atoms with van der Waals surface area (Å²) in [6.45, 7) is 0.399. The van der Waals surface area contributed by atoms with E-state index < -0.39 is 0 Å². The zero-order chi connectivity index (χ0) is 17.5. The molecule has 5 heteroatoms. The molecule has 25 heavy (non-hydrogen) atoms. The van der Waals surface area contributed by atoms with Crippen molar-refractivity contribution in [3.63, 3.8) is 0 Å². The van der Waals surface area contributed by atoms with Crippen LogP contribution in [0.1, 0.15) is 17.5 Å². The molecule has 2 aromatic heterocycles. The molecule has 1 N–H and O–H groups in total. The Balaban J connectivity index is 1.50. The molecule has 1 amide bonds. The first-order chi connectivity index (χ1) is 12.2. The van der Waals surface area contributed by atoms with E-state index in [4.69, 9.17) is 0 Å². The molecule has 0 radical (unpaired) electrons. The summed E-state index contributed by atoms with van der Waals surface area (Å²) in [4.78, 5) is 20.4. The van der Waals surface area contributed by atoms with Crippen LogP contribution in [0.4, 0.5) is 4.39 Å². The molecule has 0 aliphatic rings. The molecule has 2 heterocycles. The van der Waals surface area contributed by atoms with Crippen LogP contribution in [-0.2, 0) is 17.8 Å². The largest absolute Gasteiger partial charge is 0.352 e. The fourth-order valence-electron chi connectivity index (χ4n) is 2.45. The quantitative estimate of drug-likeness (QED) is 0.750. The van der Waals surface area contributed by atoms with Crippen LogP contribution in [0.5, 0.6) is 0 Å². The van der Waals surface area contributed by atoms with E-state index in [1.54, 1.807) is 36.8 Å². The van der Waals surface area contributed by atoms with Crippen LogP contribution in [0.3, 0.4) is 0 Å². The molecule has 0 saturated carbocycles. The number of halogens is 1. The minimum Gasteiger partial charge on any atom is -0.352 e. The van der Waals surface area contributed by atoms with E-state index in [2.05, 4.69) is 15.3 Å². The van der Waals surface area contributed by atoms with Crippen LogP contribution in [0.2, 0.25) is 0 Å². The molecule has 0 saturated heterocycles. The highest BCUT2D eigenvalue weighted by Crippen LogP contribution is 2.15. The number of aromatic nitrogens is 2. The fraction of sp³-hybridized carbons (Fsp3) is 0.150. The average molecular weight is 335 g/mol. The van der Waals surface area contributed by atoms with Gasteiger partial charge in [-0.25, -0.2) is 4.39 Å². The third kappa shape index (κ3) is 4.70. The van der Waals surface area contributed by atoms with Gasteiger partial charge in [-0.05, 0) is 41.8 Å². The Kier molecular flexibility index (Phi) is 5.46. The maximum Gasteiger partial charge on any atom is 0.220 e. The SMILES string of the molecule is O=C(CCc1ccccc1F)NCc1ccc(-c2cccnc2)nc1. The lowest BCUT2D eigenvalue weighted by Gasteiger charge is -2.07. The van der Waals surface area contributed by atoms with E-state index in [0.29, 0.717) is 18.5 Å². The molecule has 1 aromatic carbocycles. The molecule has 126 valence electrons. The molecule has 0 aliphatic heterocycles. The number of aryl methyl sites for hydroxylation is 1. The van der Waals surface area contributed by atoms with Gasteiger partial charge in [-0.15, -0.1) is 0 Å². The van der Waals surface area contributed by atoms with Gasteiger partial charge in [0.1, 0.15) is 5.82 Å². The van der Waals surface area contributed by atoms with Gasteiger partial charge in [0, 0.05) is 37.1 Å². The Morgan fingerprint density at radius 2 is 1.92 bits per heavy atom. The summed E-state index contributed by atoms with van der Waals surface area (Å²) in [5, 5.41) is 2.83. The van der Waals surface area contributed by atoms with Crippen LogP contribution < -0.4 is 5.32 Å². The van der Waals surface area contributed by atoms with Gasteiger partial charge in [-0.1, -0.05) is 24.3 Å². The van der Waals surface area contributed by atoms with E-state index >= 15 is 0 Å². The summed E-state index contributed by atoms with van der Waals surface area (Å²) in [7, 11) is 0. The number of carbonyl (C=O) groups excluding carboxylic acids is 1. The molecule has 4 nitrogen and oxygen atoms in total. The minimum atomic E-state index is -0.273. The van der Waals surface area contributed by atoms with E-state index in [9.17, 15) is 9.18 Å². The summed E-state index contributed by atoms with van der Waals surface area (Å²) in [5.74, 6) is -0.384. The summed E-state index contributed by atoms with van der Waals surface area (Å²) in [6.07, 6.45) is 5.85. The van der Waals surface area contributed by atoms with Crippen molar-refractivity contribution in [1.29, 1.82) is 0 Å². The number of hydrogen-bond acceptors (Lipinski definition) is 3. The van der Waals surface area contributed by atoms with E-state index in [1.165, 1.54) is 6.07 Å². The average Bonchev–Trinajstić information content (AvgIpc) is 2.67. The van der Waals surface area contributed by atoms with Crippen molar-refractivity contribution in [2.45, 2.75) is 19.4 Å². The van der Waals surface area contributed by atoms with Crippen molar-refractivity contribution >= 4 is 5.91 Å². The zero-order valence-electron chi connectivity index (χ0n) is 13.7. The second kappa shape index (κ2) is 8.15. The van der Waals surface area contributed by atoms with Gasteiger partial charge in [-0.2, -0.15) is 0 Å². The molecule has 0 atom stereocenters. The number of nitrogens with one attached hydrogen (secondary N) is 1. The summed E-state index contributed by atoms with van der Waals surface area (Å²) in [5.41, 5.74) is 3.25. The van der Waals surface area contributed by atoms with Gasteiger partial charge in [0.2, 0.25) is 5.91 Å². The van der Waals surface area contributed by atoms with Gasteiger partial charge < -0.3 is 5.32 Å². The molecule has 0 bridgehead atoms. The molecule has 0 unspecified atom stereocenters. The van der Waals surface area contributed by atoms with Crippen molar-refractivity contribution in [3.05, 3.63) is 84.1 Å². The van der Waals surface area contributed by atoms with E-state index in [1.807, 2.05) is 24.3 Å². The predicted molar refractivity (Wildman–Crippen MR) is 94.0 cm³/mol. The second-order valence-electron chi connectivity index (χ2n) is 5.66. The van der Waals surface area contributed by atoms with Crippen molar-refractivity contribution in [2.75, 3.05) is 0 Å². The Labute approximate surface area is 145 Å². The van der Waals surface area contributed by atoms with Gasteiger partial charge in [0.25, 0.3) is 0 Å². The molecular formula is C20H18FN3O. The molecule has 3 aromatic rings. The molecule has 0 fully saturated rings. The van der Waals surface area contributed by atoms with Crippen molar-refractivity contribution in [2.24, 2.45) is 0 Å². The molecule has 0 spiro atoms. The van der Waals surface area contributed by atoms with Crippen LogP contribution in [-0.4, -0.2) is 15.9 Å². The lowest BCUT2D eigenvalue weighted by atomic mass is 10.1. The first-order valence-electron chi connectivity index (χ1n) is 8.08. The highest BCUT2D eigenvalue weighted by atomic mass is 19.1. The minimum absolute atomic E-state index is 0.111. The number of benzene rings is 1. The first kappa shape index (κ1) is 16.8. The highest BCUT2D eigenvalue weighted by Gasteiger charge is 2.06. The molecular weight excluding hydrogens is 317 g/mol. The van der Waals surface area contributed by atoms with Crippen molar-refractivity contribution in [3.8, 4) is 11.3 Å². The van der Waals surface area contributed by atoms with Gasteiger partial charge in [0.15, 0.2) is 0 Å². The standard InChI is InChI=1S/C20H18FN3O/c21-18-6-2-1-4-16(18)8-10-20(25)24-13-15-7-9-19(23-12-15)17-5-3-11-22-14-17/h1-7,9,11-12,14H,8,10,13H2,(H,24,25). The Bertz CT molecular complexity index is 835. The topological polar surface area (TPSA) is 54.9 Å². The Morgan fingerprint density at radius 1 is 1.04 bits per heavy atom. The van der Waals surface area contributed by atoms with E-state index in [-0.39, 0.29) is 18.1 Å². The van der Waals surface area contributed by atoms with Gasteiger partial charge in [-0.3, -0.25) is 14.8 Å². The Morgan fingerprint density at radius 3 is 2.64 bits per heavy atom. The normalized spacial score (nSPS) is 10.4. The number of carbonyl (C=O) groups is 1. The first-order valence-corrected chi connectivity index (χ1v) is 8.08. The maximum absolute atomic E-state index is 13.5. The maximum atomic E-state index is 13.5. The summed E-state index contributed by atoms with van der Waals surface area (Å²) < 4.78 is 13.5. The number of hydrogen-bond donors (Lipinski definition) is 1. The van der Waals surface area contributed by atoms with Crippen LogP contribution in [0, 0.1) is 5.82 Å². The number of amides is 1. The third-order valence-corrected chi connectivity index (χ3v) is 3.85. The van der Waals surface area contributed by atoms with Crippen LogP contribution >= 0.6 is 0 Å². The second-order valence-corrected chi connectivity index (χ2v) is 5.66. The monoisotopic (exact) mass is 335 g/mol.